The molecule has 0 radical (unpaired) electrons. The Morgan fingerprint density at radius 3 is 2.39 bits per heavy atom. The predicted molar refractivity (Wildman–Crippen MR) is 95.5 cm³/mol. The van der Waals surface area contributed by atoms with Crippen LogP contribution < -0.4 is 9.47 Å². The molecule has 0 fully saturated rings. The molecule has 3 aromatic rings. The van der Waals surface area contributed by atoms with E-state index in [0.717, 1.165) is 22.1 Å². The van der Waals surface area contributed by atoms with E-state index in [-0.39, 0.29) is 0 Å². The zero-order valence-corrected chi connectivity index (χ0v) is 14.5. The first-order valence-electron chi connectivity index (χ1n) is 7.64. The van der Waals surface area contributed by atoms with Gasteiger partial charge in [-0.2, -0.15) is 0 Å². The molecular weight excluding hydrogens is 306 g/mol. The first-order chi connectivity index (χ1) is 11.3. The summed E-state index contributed by atoms with van der Waals surface area (Å²) in [6.45, 7) is 6.58. The van der Waals surface area contributed by atoms with Gasteiger partial charge in [0.25, 0.3) is 0 Å². The number of benzene rings is 2. The van der Waals surface area contributed by atoms with Crippen LogP contribution in [0.3, 0.4) is 0 Å². The molecule has 0 unspecified atom stereocenters. The van der Waals surface area contributed by atoms with Gasteiger partial charge in [0.15, 0.2) is 0 Å². The number of ether oxygens (including phenoxy) is 2. The van der Waals surface area contributed by atoms with Gasteiger partial charge in [-0.3, -0.25) is 4.98 Å². The lowest BCUT2D eigenvalue weighted by atomic mass is 10.2. The predicted octanol–water partition coefficient (Wildman–Crippen LogP) is 5.85. The van der Waals surface area contributed by atoms with Crippen LogP contribution in [0.4, 0.5) is 0 Å². The van der Waals surface area contributed by atoms with E-state index in [1.807, 2.05) is 68.6 Å². The number of thiazole rings is 1. The van der Waals surface area contributed by atoms with Gasteiger partial charge in [-0.25, -0.2) is 0 Å². The molecule has 0 spiro atoms. The summed E-state index contributed by atoms with van der Waals surface area (Å²) in [5, 5.41) is 0. The Bertz CT molecular complexity index is 694. The first kappa shape index (κ1) is 17.0. The maximum Gasteiger partial charge on any atom is 0.131 e. The summed E-state index contributed by atoms with van der Waals surface area (Å²) >= 11 is 1.58. The highest BCUT2D eigenvalue weighted by Crippen LogP contribution is 2.26. The number of aromatic nitrogens is 1. The molecule has 0 N–H and O–H groups in total. The van der Waals surface area contributed by atoms with Crippen molar-refractivity contribution in [2.75, 3.05) is 0 Å². The van der Waals surface area contributed by atoms with Crippen LogP contribution in [0.25, 0.3) is 0 Å². The normalized spacial score (nSPS) is 9.70. The Labute approximate surface area is 141 Å². The summed E-state index contributed by atoms with van der Waals surface area (Å²) in [7, 11) is 0. The number of rotatable bonds is 5. The third kappa shape index (κ3) is 5.42. The summed E-state index contributed by atoms with van der Waals surface area (Å²) in [4.78, 5) is 5.13. The lowest BCUT2D eigenvalue weighted by Gasteiger charge is -2.09. The minimum atomic E-state index is 0.526. The fourth-order valence-corrected chi connectivity index (χ4v) is 2.34. The molecule has 0 saturated heterocycles. The van der Waals surface area contributed by atoms with Gasteiger partial charge in [-0.15, -0.1) is 11.3 Å². The van der Waals surface area contributed by atoms with Crippen LogP contribution >= 0.6 is 11.3 Å². The highest BCUT2D eigenvalue weighted by Gasteiger charge is 2.01. The average molecular weight is 327 g/mol. The number of hydrogen-bond acceptors (Lipinski definition) is 4. The van der Waals surface area contributed by atoms with Gasteiger partial charge >= 0.3 is 0 Å². The third-order valence-corrected chi connectivity index (χ3v) is 3.68. The van der Waals surface area contributed by atoms with E-state index < -0.39 is 0 Å². The van der Waals surface area contributed by atoms with Crippen molar-refractivity contribution in [3.8, 4) is 17.2 Å². The first-order valence-corrected chi connectivity index (χ1v) is 8.52. The Morgan fingerprint density at radius 2 is 1.70 bits per heavy atom. The molecular formula is C19H21NO2S. The molecule has 3 rings (SSSR count). The molecule has 2 aromatic carbocycles. The minimum Gasteiger partial charge on any atom is -0.488 e. The van der Waals surface area contributed by atoms with Crippen molar-refractivity contribution in [3.05, 3.63) is 70.7 Å². The summed E-state index contributed by atoms with van der Waals surface area (Å²) in [6.07, 6.45) is 1.82. The molecule has 4 heteroatoms. The second-order valence-corrected chi connectivity index (χ2v) is 5.62. The number of nitrogens with zero attached hydrogens (tertiary/aromatic N) is 1. The van der Waals surface area contributed by atoms with E-state index >= 15 is 0 Å². The molecule has 0 aliphatic carbocycles. The fourth-order valence-electron chi connectivity index (χ4n) is 1.84. The van der Waals surface area contributed by atoms with Crippen LogP contribution in [0.1, 0.15) is 24.3 Å². The van der Waals surface area contributed by atoms with E-state index in [9.17, 15) is 0 Å². The van der Waals surface area contributed by atoms with E-state index in [2.05, 4.69) is 11.9 Å². The molecule has 1 heterocycles. The largest absolute Gasteiger partial charge is 0.488 e. The Hall–Kier alpha value is -2.33. The van der Waals surface area contributed by atoms with Gasteiger partial charge in [-0.1, -0.05) is 37.6 Å². The second-order valence-electron chi connectivity index (χ2n) is 4.65. The van der Waals surface area contributed by atoms with E-state index in [1.54, 1.807) is 16.8 Å². The van der Waals surface area contributed by atoms with Gasteiger partial charge in [0, 0.05) is 12.3 Å². The molecule has 3 nitrogen and oxygen atoms in total. The lowest BCUT2D eigenvalue weighted by molar-refractivity contribution is 0.308. The van der Waals surface area contributed by atoms with Gasteiger partial charge in [0.05, 0.1) is 10.4 Å². The molecule has 120 valence electrons. The SMILES string of the molecule is CC.Cc1ccc(Oc2cccc(OCc3cncs3)c2)cc1. The fraction of sp³-hybridized carbons (Fsp3) is 0.211. The highest BCUT2D eigenvalue weighted by atomic mass is 32.1. The van der Waals surface area contributed by atoms with Gasteiger partial charge in [-0.05, 0) is 31.2 Å². The van der Waals surface area contributed by atoms with Crippen molar-refractivity contribution in [2.24, 2.45) is 0 Å². The molecule has 0 saturated carbocycles. The van der Waals surface area contributed by atoms with Crippen LogP contribution in [-0.4, -0.2) is 4.98 Å². The number of aryl methyl sites for hydroxylation is 1. The molecule has 23 heavy (non-hydrogen) atoms. The smallest absolute Gasteiger partial charge is 0.131 e. The Morgan fingerprint density at radius 1 is 0.957 bits per heavy atom. The maximum atomic E-state index is 5.82. The standard InChI is InChI=1S/C17H15NO2S.C2H6/c1-13-5-7-14(8-6-13)20-16-4-2-3-15(9-16)19-11-17-10-18-12-21-17;1-2/h2-10,12H,11H2,1H3;1-2H3. The quantitative estimate of drug-likeness (QED) is 0.589. The van der Waals surface area contributed by atoms with Gasteiger partial charge in [0.2, 0.25) is 0 Å². The van der Waals surface area contributed by atoms with Crippen molar-refractivity contribution < 1.29 is 9.47 Å². The summed E-state index contributed by atoms with van der Waals surface area (Å²) in [5.74, 6) is 2.37. The Kier molecular flexibility index (Phi) is 6.63. The summed E-state index contributed by atoms with van der Waals surface area (Å²) in [5.41, 5.74) is 3.01. The molecule has 0 amide bonds. The topological polar surface area (TPSA) is 31.4 Å². The van der Waals surface area contributed by atoms with Crippen LogP contribution in [0.15, 0.2) is 60.2 Å². The van der Waals surface area contributed by atoms with Crippen LogP contribution in [0, 0.1) is 6.92 Å². The van der Waals surface area contributed by atoms with Crippen molar-refractivity contribution in [1.82, 2.24) is 4.98 Å². The molecule has 0 aliphatic heterocycles. The minimum absolute atomic E-state index is 0.526. The van der Waals surface area contributed by atoms with Crippen LogP contribution in [0.5, 0.6) is 17.2 Å². The maximum absolute atomic E-state index is 5.82. The molecule has 0 bridgehead atoms. The zero-order chi connectivity index (χ0) is 16.5. The average Bonchev–Trinajstić information content (AvgIpc) is 3.11. The Balaban J connectivity index is 0.000000924. The van der Waals surface area contributed by atoms with Crippen molar-refractivity contribution >= 4 is 11.3 Å². The van der Waals surface area contributed by atoms with Crippen molar-refractivity contribution in [2.45, 2.75) is 27.4 Å². The van der Waals surface area contributed by atoms with E-state index in [0.29, 0.717) is 6.61 Å². The van der Waals surface area contributed by atoms with Gasteiger partial charge in [0.1, 0.15) is 23.9 Å². The van der Waals surface area contributed by atoms with Crippen LogP contribution in [-0.2, 0) is 6.61 Å². The van der Waals surface area contributed by atoms with Crippen molar-refractivity contribution in [1.29, 1.82) is 0 Å². The molecule has 1 aromatic heterocycles. The second kappa shape index (κ2) is 8.96. The van der Waals surface area contributed by atoms with Crippen LogP contribution in [0.2, 0.25) is 0 Å². The zero-order valence-electron chi connectivity index (χ0n) is 13.7. The molecule has 0 atom stereocenters. The van der Waals surface area contributed by atoms with Crippen molar-refractivity contribution in [3.63, 3.8) is 0 Å². The molecule has 0 aliphatic rings. The van der Waals surface area contributed by atoms with Gasteiger partial charge < -0.3 is 9.47 Å². The summed E-state index contributed by atoms with van der Waals surface area (Å²) < 4.78 is 11.6. The lowest BCUT2D eigenvalue weighted by Crippen LogP contribution is -1.93. The highest BCUT2D eigenvalue weighted by molar-refractivity contribution is 7.09. The number of hydrogen-bond donors (Lipinski definition) is 0. The monoisotopic (exact) mass is 327 g/mol. The summed E-state index contributed by atoms with van der Waals surface area (Å²) in [6, 6.07) is 15.6. The third-order valence-electron chi connectivity index (χ3n) is 2.93. The van der Waals surface area contributed by atoms with E-state index in [1.165, 1.54) is 5.56 Å². The van der Waals surface area contributed by atoms with E-state index in [4.69, 9.17) is 9.47 Å².